The number of ether oxygens (including phenoxy) is 1. The highest BCUT2D eigenvalue weighted by molar-refractivity contribution is 7.98. The van der Waals surface area contributed by atoms with Crippen LogP contribution in [-0.4, -0.2) is 33.7 Å². The van der Waals surface area contributed by atoms with Gasteiger partial charge >= 0.3 is 0 Å². The second-order valence-electron chi connectivity index (χ2n) is 4.87. The fraction of sp³-hybridized carbons (Fsp3) is 0.312. The third-order valence-electron chi connectivity index (χ3n) is 3.30. The molecule has 1 aromatic carbocycles. The first-order valence-corrected chi connectivity index (χ1v) is 8.31. The lowest BCUT2D eigenvalue weighted by atomic mass is 10.0. The fourth-order valence-corrected chi connectivity index (χ4v) is 2.52. The molecule has 0 bridgehead atoms. The van der Waals surface area contributed by atoms with E-state index in [2.05, 4.69) is 9.97 Å². The van der Waals surface area contributed by atoms with Crippen molar-refractivity contribution in [1.29, 1.82) is 0 Å². The largest absolute Gasteiger partial charge is 0.494 e. The van der Waals surface area contributed by atoms with Gasteiger partial charge in [0, 0.05) is 12.0 Å². The Balaban J connectivity index is 2.48. The number of benzene rings is 1. The Morgan fingerprint density at radius 2 is 2.17 bits per heavy atom. The van der Waals surface area contributed by atoms with E-state index >= 15 is 0 Å². The molecule has 2 rings (SSSR count). The van der Waals surface area contributed by atoms with Crippen LogP contribution < -0.4 is 10.3 Å². The monoisotopic (exact) mass is 334 g/mol. The molecule has 0 spiro atoms. The average molecular weight is 334 g/mol. The van der Waals surface area contributed by atoms with Crippen molar-refractivity contribution in [3.8, 4) is 11.6 Å². The van der Waals surface area contributed by atoms with Gasteiger partial charge in [-0.2, -0.15) is 4.98 Å². The summed E-state index contributed by atoms with van der Waals surface area (Å²) in [6.45, 7) is 3.78. The number of H-pyrrole nitrogens is 1. The van der Waals surface area contributed by atoms with Crippen LogP contribution in [0.1, 0.15) is 35.3 Å². The van der Waals surface area contributed by atoms with Crippen LogP contribution in [0.2, 0.25) is 0 Å². The Morgan fingerprint density at radius 3 is 2.74 bits per heavy atom. The highest BCUT2D eigenvalue weighted by Gasteiger charge is 2.15. The molecule has 0 fully saturated rings. The molecule has 1 heterocycles. The Bertz CT molecular complexity index is 786. The van der Waals surface area contributed by atoms with Gasteiger partial charge in [-0.1, -0.05) is 11.8 Å². The summed E-state index contributed by atoms with van der Waals surface area (Å²) in [4.78, 5) is 30.2. The Hall–Kier alpha value is -2.28. The second-order valence-corrected chi connectivity index (χ2v) is 5.66. The van der Waals surface area contributed by atoms with E-state index in [4.69, 9.17) is 4.74 Å². The van der Waals surface area contributed by atoms with Gasteiger partial charge < -0.3 is 14.8 Å². The van der Waals surface area contributed by atoms with Gasteiger partial charge in [-0.3, -0.25) is 9.59 Å². The van der Waals surface area contributed by atoms with E-state index in [-0.39, 0.29) is 23.6 Å². The molecule has 0 radical (unpaired) electrons. The van der Waals surface area contributed by atoms with Gasteiger partial charge in [0.1, 0.15) is 5.75 Å². The zero-order chi connectivity index (χ0) is 17.0. The van der Waals surface area contributed by atoms with Crippen LogP contribution in [0.25, 0.3) is 0 Å². The summed E-state index contributed by atoms with van der Waals surface area (Å²) in [5.41, 5.74) is 0.911. The molecule has 23 heavy (non-hydrogen) atoms. The summed E-state index contributed by atoms with van der Waals surface area (Å²) in [5, 5.41) is 10.4. The zero-order valence-corrected chi connectivity index (χ0v) is 14.0. The second kappa shape index (κ2) is 7.32. The standard InChI is InChI=1S/C16H18N2O4S/c1-4-22-13-6-5-10(9(2)19)7-11(13)8-12-14(20)17-16(23-3)18-15(12)21/h5-7H,4,8H2,1-3H3,(H2,17,18,20,21). The lowest BCUT2D eigenvalue weighted by Gasteiger charge is -2.12. The SMILES string of the molecule is CCOc1ccc(C(C)=O)cc1Cc1c(O)nc(SC)[nH]c1=O. The lowest BCUT2D eigenvalue weighted by molar-refractivity contribution is 0.101. The lowest BCUT2D eigenvalue weighted by Crippen LogP contribution is -2.16. The molecule has 0 aliphatic rings. The van der Waals surface area contributed by atoms with Gasteiger partial charge in [-0.15, -0.1) is 0 Å². The first kappa shape index (κ1) is 17.1. The van der Waals surface area contributed by atoms with E-state index in [1.165, 1.54) is 18.7 Å². The van der Waals surface area contributed by atoms with Gasteiger partial charge in [0.15, 0.2) is 10.9 Å². The van der Waals surface area contributed by atoms with Crippen molar-refractivity contribution in [1.82, 2.24) is 9.97 Å². The molecule has 0 aliphatic carbocycles. The highest BCUT2D eigenvalue weighted by Crippen LogP contribution is 2.25. The van der Waals surface area contributed by atoms with E-state index in [0.717, 1.165) is 0 Å². The number of ketones is 1. The van der Waals surface area contributed by atoms with Gasteiger partial charge in [-0.25, -0.2) is 0 Å². The Morgan fingerprint density at radius 1 is 1.43 bits per heavy atom. The predicted octanol–water partition coefficient (Wildman–Crippen LogP) is 2.39. The number of thioether (sulfide) groups is 1. The summed E-state index contributed by atoms with van der Waals surface area (Å²) in [7, 11) is 0. The molecule has 1 aromatic heterocycles. The van der Waals surface area contributed by atoms with Crippen LogP contribution in [0.5, 0.6) is 11.6 Å². The van der Waals surface area contributed by atoms with Crippen LogP contribution in [0.4, 0.5) is 0 Å². The van der Waals surface area contributed by atoms with Gasteiger partial charge in [0.25, 0.3) is 5.56 Å². The van der Waals surface area contributed by atoms with E-state index in [9.17, 15) is 14.7 Å². The number of carbonyl (C=O) groups excluding carboxylic acids is 1. The van der Waals surface area contributed by atoms with Crippen LogP contribution in [0.15, 0.2) is 28.2 Å². The molecule has 0 saturated heterocycles. The van der Waals surface area contributed by atoms with Gasteiger partial charge in [0.2, 0.25) is 5.88 Å². The number of nitrogens with one attached hydrogen (secondary N) is 1. The first-order chi connectivity index (χ1) is 11.0. The summed E-state index contributed by atoms with van der Waals surface area (Å²) in [6, 6.07) is 5.05. The van der Waals surface area contributed by atoms with Crippen molar-refractivity contribution >= 4 is 17.5 Å². The van der Waals surface area contributed by atoms with Gasteiger partial charge in [0.05, 0.1) is 12.2 Å². The minimum Gasteiger partial charge on any atom is -0.494 e. The molecule has 0 unspecified atom stereocenters. The predicted molar refractivity (Wildman–Crippen MR) is 88.7 cm³/mol. The molecule has 6 nitrogen and oxygen atoms in total. The quantitative estimate of drug-likeness (QED) is 0.479. The summed E-state index contributed by atoms with van der Waals surface area (Å²) >= 11 is 1.23. The number of Topliss-reactive ketones (excluding diaryl/α,β-unsaturated/α-hetero) is 1. The van der Waals surface area contributed by atoms with Crippen molar-refractivity contribution in [2.24, 2.45) is 0 Å². The number of hydrogen-bond acceptors (Lipinski definition) is 6. The molecule has 0 saturated carbocycles. The molecule has 2 N–H and O–H groups in total. The first-order valence-electron chi connectivity index (χ1n) is 7.09. The number of aromatic nitrogens is 2. The topological polar surface area (TPSA) is 92.3 Å². The maximum Gasteiger partial charge on any atom is 0.258 e. The number of aromatic amines is 1. The van der Waals surface area contributed by atoms with Crippen LogP contribution in [-0.2, 0) is 6.42 Å². The zero-order valence-electron chi connectivity index (χ0n) is 13.2. The number of aromatic hydroxyl groups is 1. The van der Waals surface area contributed by atoms with E-state index in [0.29, 0.717) is 28.6 Å². The maximum absolute atomic E-state index is 12.1. The van der Waals surface area contributed by atoms with Crippen LogP contribution in [0.3, 0.4) is 0 Å². The molecule has 122 valence electrons. The van der Waals surface area contributed by atoms with E-state index < -0.39 is 5.56 Å². The third kappa shape index (κ3) is 3.92. The van der Waals surface area contributed by atoms with Crippen LogP contribution >= 0.6 is 11.8 Å². The number of hydrogen-bond donors (Lipinski definition) is 2. The molecule has 0 aliphatic heterocycles. The van der Waals surface area contributed by atoms with Crippen molar-refractivity contribution in [3.63, 3.8) is 0 Å². The molecule has 7 heteroatoms. The van der Waals surface area contributed by atoms with Crippen molar-refractivity contribution < 1.29 is 14.6 Å². The van der Waals surface area contributed by atoms with Crippen molar-refractivity contribution in [3.05, 3.63) is 45.2 Å². The summed E-state index contributed by atoms with van der Waals surface area (Å²) in [6.07, 6.45) is 1.88. The molecule has 2 aromatic rings. The minimum absolute atomic E-state index is 0.0803. The summed E-state index contributed by atoms with van der Waals surface area (Å²) in [5.74, 6) is 0.183. The molecular weight excluding hydrogens is 316 g/mol. The number of rotatable bonds is 6. The third-order valence-corrected chi connectivity index (χ3v) is 3.88. The fourth-order valence-electron chi connectivity index (χ4n) is 2.15. The Labute approximate surface area is 137 Å². The minimum atomic E-state index is -0.405. The summed E-state index contributed by atoms with van der Waals surface area (Å²) < 4.78 is 5.54. The number of nitrogens with zero attached hydrogens (tertiary/aromatic N) is 1. The van der Waals surface area contributed by atoms with E-state index in [1.807, 2.05) is 6.92 Å². The molecule has 0 amide bonds. The van der Waals surface area contributed by atoms with Gasteiger partial charge in [-0.05, 0) is 43.9 Å². The maximum atomic E-state index is 12.1. The van der Waals surface area contributed by atoms with Crippen LogP contribution in [0, 0.1) is 0 Å². The molecular formula is C16H18N2O4S. The highest BCUT2D eigenvalue weighted by atomic mass is 32.2. The average Bonchev–Trinajstić information content (AvgIpc) is 2.51. The normalized spacial score (nSPS) is 10.6. The molecule has 0 atom stereocenters. The Kier molecular flexibility index (Phi) is 5.44. The number of carbonyl (C=O) groups is 1. The smallest absolute Gasteiger partial charge is 0.258 e. The van der Waals surface area contributed by atoms with Crippen molar-refractivity contribution in [2.75, 3.05) is 12.9 Å². The van der Waals surface area contributed by atoms with Crippen molar-refractivity contribution in [2.45, 2.75) is 25.4 Å². The van der Waals surface area contributed by atoms with E-state index in [1.54, 1.807) is 24.5 Å².